The molecule has 0 aliphatic carbocycles. The minimum atomic E-state index is -3.67. The van der Waals surface area contributed by atoms with Crippen LogP contribution in [0.1, 0.15) is 6.92 Å². The predicted octanol–water partition coefficient (Wildman–Crippen LogP) is 1.85. The first-order valence-corrected chi connectivity index (χ1v) is 7.66. The Bertz CT molecular complexity index is 554. The molecule has 1 rings (SSSR count). The molecule has 0 aliphatic heterocycles. The van der Waals surface area contributed by atoms with Gasteiger partial charge in [-0.1, -0.05) is 22.0 Å². The number of halogens is 1. The molecule has 1 unspecified atom stereocenters. The molecule has 1 N–H and O–H groups in total. The lowest BCUT2D eigenvalue weighted by Gasteiger charge is -2.14. The van der Waals surface area contributed by atoms with Gasteiger partial charge in [0.2, 0.25) is 10.0 Å². The lowest BCUT2D eigenvalue weighted by Crippen LogP contribution is -2.37. The van der Waals surface area contributed by atoms with Gasteiger partial charge in [-0.25, -0.2) is 13.1 Å². The molecule has 0 heterocycles. The van der Waals surface area contributed by atoms with E-state index in [1.807, 2.05) is 0 Å². The highest BCUT2D eigenvalue weighted by molar-refractivity contribution is 9.10. The Morgan fingerprint density at radius 2 is 2.05 bits per heavy atom. The fourth-order valence-electron chi connectivity index (χ4n) is 1.24. The molecule has 1 atom stereocenters. The second-order valence-corrected chi connectivity index (χ2v) is 6.35. The van der Waals surface area contributed by atoms with Crippen molar-refractivity contribution in [3.8, 4) is 0 Å². The highest BCUT2D eigenvalue weighted by Crippen LogP contribution is 2.14. The van der Waals surface area contributed by atoms with E-state index in [1.54, 1.807) is 12.1 Å². The normalized spacial score (nSPS) is 12.7. The van der Waals surface area contributed by atoms with Crippen LogP contribution in [-0.2, 0) is 19.6 Å². The molecule has 0 spiro atoms. The first-order valence-electron chi connectivity index (χ1n) is 5.39. The van der Waals surface area contributed by atoms with Crippen LogP contribution in [0.2, 0.25) is 0 Å². The first kappa shape index (κ1) is 15.9. The second-order valence-electron chi connectivity index (χ2n) is 3.72. The summed E-state index contributed by atoms with van der Waals surface area (Å²) in [5.74, 6) is -0.477. The molecule has 0 fully saturated rings. The lowest BCUT2D eigenvalue weighted by atomic mass is 10.3. The molecule has 1 aromatic rings. The van der Waals surface area contributed by atoms with Crippen LogP contribution in [0, 0.1) is 0 Å². The quantitative estimate of drug-likeness (QED) is 0.629. The number of nitrogens with one attached hydrogen (secondary N) is 1. The molecule has 0 saturated heterocycles. The van der Waals surface area contributed by atoms with Gasteiger partial charge in [0.05, 0.1) is 10.9 Å². The number of esters is 1. The molecule has 5 nitrogen and oxygen atoms in total. The van der Waals surface area contributed by atoms with E-state index in [2.05, 4.69) is 27.2 Å². The minimum Gasteiger partial charge on any atom is -0.464 e. The van der Waals surface area contributed by atoms with Gasteiger partial charge in [-0.05, 0) is 24.3 Å². The fourth-order valence-corrected chi connectivity index (χ4v) is 2.70. The molecule has 0 radical (unpaired) electrons. The van der Waals surface area contributed by atoms with Crippen molar-refractivity contribution >= 4 is 31.9 Å². The van der Waals surface area contributed by atoms with Gasteiger partial charge in [-0.2, -0.15) is 0 Å². The van der Waals surface area contributed by atoms with Gasteiger partial charge in [0.1, 0.15) is 6.61 Å². The van der Waals surface area contributed by atoms with Crippen LogP contribution in [0.5, 0.6) is 0 Å². The summed E-state index contributed by atoms with van der Waals surface area (Å²) in [6, 6.07) is 5.53. The molecule has 0 aromatic heterocycles. The molecule has 19 heavy (non-hydrogen) atoms. The van der Waals surface area contributed by atoms with E-state index < -0.39 is 22.0 Å². The molecule has 0 amide bonds. The highest BCUT2D eigenvalue weighted by atomic mass is 79.9. The molecular formula is C12H14BrNO4S. The van der Waals surface area contributed by atoms with E-state index in [0.717, 1.165) is 4.47 Å². The van der Waals surface area contributed by atoms with Crippen molar-refractivity contribution in [3.63, 3.8) is 0 Å². The number of rotatable bonds is 6. The summed E-state index contributed by atoms with van der Waals surface area (Å²) >= 11 is 3.23. The monoisotopic (exact) mass is 347 g/mol. The van der Waals surface area contributed by atoms with Crippen LogP contribution in [0.3, 0.4) is 0 Å². The SMILES string of the molecule is C=CC(COC(C)=O)NS(=O)(=O)c1ccc(Br)cc1. The van der Waals surface area contributed by atoms with Gasteiger partial charge < -0.3 is 4.74 Å². The Hall–Kier alpha value is -1.18. The highest BCUT2D eigenvalue weighted by Gasteiger charge is 2.18. The molecule has 7 heteroatoms. The topological polar surface area (TPSA) is 72.5 Å². The Balaban J connectivity index is 2.80. The number of carbonyl (C=O) groups excluding carboxylic acids is 1. The van der Waals surface area contributed by atoms with Crippen LogP contribution >= 0.6 is 15.9 Å². The van der Waals surface area contributed by atoms with Crippen molar-refractivity contribution in [2.75, 3.05) is 6.61 Å². The lowest BCUT2D eigenvalue weighted by molar-refractivity contribution is -0.141. The maximum absolute atomic E-state index is 12.0. The summed E-state index contributed by atoms with van der Waals surface area (Å²) < 4.78 is 32.0. The standard InChI is InChI=1S/C12H14BrNO4S/c1-3-11(8-18-9(2)15)14-19(16,17)12-6-4-10(13)5-7-12/h3-7,11,14H,1,8H2,2H3. The maximum atomic E-state index is 12.0. The molecule has 1 aromatic carbocycles. The van der Waals surface area contributed by atoms with E-state index in [1.165, 1.54) is 25.1 Å². The Kier molecular flexibility index (Phi) is 5.71. The summed E-state index contributed by atoms with van der Waals surface area (Å²) in [5.41, 5.74) is 0. The van der Waals surface area contributed by atoms with E-state index >= 15 is 0 Å². The summed E-state index contributed by atoms with van der Waals surface area (Å²) in [4.78, 5) is 10.8. The molecule has 0 bridgehead atoms. The average Bonchev–Trinajstić information content (AvgIpc) is 2.34. The van der Waals surface area contributed by atoms with Gasteiger partial charge >= 0.3 is 5.97 Å². The number of hydrogen-bond donors (Lipinski definition) is 1. The first-order chi connectivity index (χ1) is 8.85. The zero-order valence-corrected chi connectivity index (χ0v) is 12.7. The summed E-state index contributed by atoms with van der Waals surface area (Å²) in [6.45, 7) is 4.67. The summed E-state index contributed by atoms with van der Waals surface area (Å²) in [5, 5.41) is 0. The van der Waals surface area contributed by atoms with Crippen LogP contribution in [0.4, 0.5) is 0 Å². The largest absolute Gasteiger partial charge is 0.464 e. The number of benzene rings is 1. The van der Waals surface area contributed by atoms with Gasteiger partial charge in [0.15, 0.2) is 0 Å². The number of sulfonamides is 1. The Morgan fingerprint density at radius 1 is 1.47 bits per heavy atom. The van der Waals surface area contributed by atoms with Gasteiger partial charge in [-0.3, -0.25) is 4.79 Å². The molecule has 104 valence electrons. The van der Waals surface area contributed by atoms with Crippen molar-refractivity contribution < 1.29 is 17.9 Å². The minimum absolute atomic E-state index is 0.0887. The fraction of sp³-hybridized carbons (Fsp3) is 0.250. The van der Waals surface area contributed by atoms with Crippen molar-refractivity contribution in [1.82, 2.24) is 4.72 Å². The van der Waals surface area contributed by atoms with Crippen LogP contribution < -0.4 is 4.72 Å². The van der Waals surface area contributed by atoms with Crippen molar-refractivity contribution in [1.29, 1.82) is 0 Å². The van der Waals surface area contributed by atoms with Gasteiger partial charge in [-0.15, -0.1) is 6.58 Å². The number of ether oxygens (including phenoxy) is 1. The second kappa shape index (κ2) is 6.83. The van der Waals surface area contributed by atoms with Crippen molar-refractivity contribution in [2.45, 2.75) is 17.9 Å². The van der Waals surface area contributed by atoms with E-state index in [0.29, 0.717) is 0 Å². The van der Waals surface area contributed by atoms with Crippen LogP contribution in [-0.4, -0.2) is 27.0 Å². The smallest absolute Gasteiger partial charge is 0.302 e. The maximum Gasteiger partial charge on any atom is 0.302 e. The summed E-state index contributed by atoms with van der Waals surface area (Å²) in [7, 11) is -3.67. The van der Waals surface area contributed by atoms with Crippen molar-refractivity contribution in [3.05, 3.63) is 41.4 Å². The molecule has 0 saturated carbocycles. The zero-order valence-electron chi connectivity index (χ0n) is 10.3. The zero-order chi connectivity index (χ0) is 14.5. The summed E-state index contributed by atoms with van der Waals surface area (Å²) in [6.07, 6.45) is 1.37. The average molecular weight is 348 g/mol. The van der Waals surface area contributed by atoms with Gasteiger partial charge in [0.25, 0.3) is 0 Å². The Morgan fingerprint density at radius 3 is 2.53 bits per heavy atom. The van der Waals surface area contributed by atoms with E-state index in [4.69, 9.17) is 4.74 Å². The van der Waals surface area contributed by atoms with Gasteiger partial charge in [0, 0.05) is 11.4 Å². The number of hydrogen-bond acceptors (Lipinski definition) is 4. The van der Waals surface area contributed by atoms with E-state index in [-0.39, 0.29) is 11.5 Å². The number of carbonyl (C=O) groups is 1. The third kappa shape index (κ3) is 5.14. The molecular weight excluding hydrogens is 334 g/mol. The third-order valence-corrected chi connectivity index (χ3v) is 4.22. The van der Waals surface area contributed by atoms with Crippen molar-refractivity contribution in [2.24, 2.45) is 0 Å². The van der Waals surface area contributed by atoms with Crippen LogP contribution in [0.15, 0.2) is 46.3 Å². The van der Waals surface area contributed by atoms with Crippen LogP contribution in [0.25, 0.3) is 0 Å². The van der Waals surface area contributed by atoms with E-state index in [9.17, 15) is 13.2 Å². The molecule has 0 aliphatic rings. The predicted molar refractivity (Wildman–Crippen MR) is 75.1 cm³/mol. The third-order valence-electron chi connectivity index (χ3n) is 2.18. The Labute approximate surface area is 120 Å².